The fourth-order valence-electron chi connectivity index (χ4n) is 2.00. The van der Waals surface area contributed by atoms with Crippen LogP contribution in [0.25, 0.3) is 0 Å². The van der Waals surface area contributed by atoms with Crippen LogP contribution in [0.1, 0.15) is 26.7 Å². The topological polar surface area (TPSA) is 0 Å². The van der Waals surface area contributed by atoms with Gasteiger partial charge in [-0.25, -0.2) is 0 Å². The summed E-state index contributed by atoms with van der Waals surface area (Å²) in [5.41, 5.74) is 1.56. The summed E-state index contributed by atoms with van der Waals surface area (Å²) >= 11 is 21.9. The van der Waals surface area contributed by atoms with Crippen molar-refractivity contribution in [1.29, 1.82) is 0 Å². The van der Waals surface area contributed by atoms with Gasteiger partial charge in [-0.05, 0) is 32.6 Å². The zero-order valence-corrected chi connectivity index (χ0v) is 12.1. The molecule has 0 aromatic carbocycles. The molecule has 82 valence electrons. The van der Waals surface area contributed by atoms with Crippen molar-refractivity contribution in [3.63, 3.8) is 0 Å². The predicted molar refractivity (Wildman–Crippen MR) is 68.9 cm³/mol. The lowest BCUT2D eigenvalue weighted by molar-refractivity contribution is 0.303. The summed E-state index contributed by atoms with van der Waals surface area (Å²) in [6, 6.07) is 0. The summed E-state index contributed by atoms with van der Waals surface area (Å²) in [5.74, 6) is 0.342. The van der Waals surface area contributed by atoms with Crippen molar-refractivity contribution in [2.45, 2.75) is 41.3 Å². The molecule has 0 N–H and O–H groups in total. The lowest BCUT2D eigenvalue weighted by Crippen LogP contribution is -2.47. The lowest BCUT2D eigenvalue weighted by atomic mass is 9.74. The Balaban J connectivity index is 2.85. The highest BCUT2D eigenvalue weighted by atomic mass is 79.9. The van der Waals surface area contributed by atoms with Crippen molar-refractivity contribution < 1.29 is 0 Å². The molecule has 0 aromatic heterocycles. The summed E-state index contributed by atoms with van der Waals surface area (Å²) in [6.45, 7) is 4.13. The molecule has 0 nitrogen and oxygen atoms in total. The molecule has 0 aromatic rings. The number of hydrogen-bond acceptors (Lipinski definition) is 0. The first-order valence-electron chi connectivity index (χ1n) is 4.58. The second-order valence-corrected chi connectivity index (χ2v) is 7.81. The van der Waals surface area contributed by atoms with Gasteiger partial charge in [0.2, 0.25) is 0 Å². The van der Waals surface area contributed by atoms with E-state index in [1.54, 1.807) is 5.54 Å². The third-order valence-corrected chi connectivity index (χ3v) is 5.07. The number of alkyl halides is 3. The van der Waals surface area contributed by atoms with Gasteiger partial charge >= 0.3 is 0 Å². The van der Waals surface area contributed by atoms with Crippen LogP contribution in [0, 0.1) is 5.92 Å². The molecule has 1 saturated carbocycles. The number of allylic oxidation sites excluding steroid dienone is 1. The van der Waals surface area contributed by atoms with Crippen LogP contribution in [0.15, 0.2) is 11.6 Å². The van der Waals surface area contributed by atoms with E-state index in [9.17, 15) is 0 Å². The number of rotatable bonds is 1. The van der Waals surface area contributed by atoms with Crippen molar-refractivity contribution >= 4 is 50.7 Å². The van der Waals surface area contributed by atoms with Gasteiger partial charge in [0, 0.05) is 9.86 Å². The Morgan fingerprint density at radius 2 is 2.00 bits per heavy atom. The highest BCUT2D eigenvalue weighted by Gasteiger charge is 2.47. The van der Waals surface area contributed by atoms with E-state index >= 15 is 0 Å². The van der Waals surface area contributed by atoms with Gasteiger partial charge in [-0.2, -0.15) is 0 Å². The molecule has 1 aliphatic carbocycles. The first kappa shape index (κ1) is 13.2. The van der Waals surface area contributed by atoms with Crippen LogP contribution < -0.4 is 0 Å². The van der Waals surface area contributed by atoms with Crippen LogP contribution >= 0.6 is 50.7 Å². The van der Waals surface area contributed by atoms with Gasteiger partial charge in [0.25, 0.3) is 0 Å². The van der Waals surface area contributed by atoms with E-state index in [1.165, 1.54) is 0 Å². The largest absolute Gasteiger partial charge is 0.121 e. The third kappa shape index (κ3) is 2.81. The van der Waals surface area contributed by atoms with Gasteiger partial charge < -0.3 is 0 Å². The molecule has 0 saturated heterocycles. The van der Waals surface area contributed by atoms with Gasteiger partial charge in [-0.3, -0.25) is 0 Å². The summed E-state index contributed by atoms with van der Waals surface area (Å²) < 4.78 is -0.0136. The van der Waals surface area contributed by atoms with Gasteiger partial charge in [0.1, 0.15) is 0 Å². The fourth-order valence-corrected chi connectivity index (χ4v) is 3.89. The molecule has 0 spiro atoms. The molecule has 0 radical (unpaired) electrons. The minimum atomic E-state index is -0.337. The van der Waals surface area contributed by atoms with Crippen LogP contribution in [-0.4, -0.2) is 14.6 Å². The van der Waals surface area contributed by atoms with Crippen LogP contribution in [-0.2, 0) is 0 Å². The summed E-state index contributed by atoms with van der Waals surface area (Å²) in [4.78, 5) is -0.337. The monoisotopic (exact) mass is 318 g/mol. The van der Waals surface area contributed by atoms with E-state index in [0.29, 0.717) is 5.92 Å². The smallest absolute Gasteiger partial charge is 0.0595 e. The molecule has 4 heteroatoms. The Hall–Kier alpha value is 1.09. The Bertz CT molecular complexity index is 236. The molecular weight excluding hydrogens is 306 g/mol. The molecule has 1 fully saturated rings. The molecule has 0 aliphatic heterocycles. The Labute approximate surface area is 109 Å². The predicted octanol–water partition coefficient (Wildman–Crippen LogP) is 4.91. The van der Waals surface area contributed by atoms with E-state index < -0.39 is 0 Å². The average Bonchev–Trinajstić information content (AvgIpc) is 1.99. The van der Waals surface area contributed by atoms with Crippen molar-refractivity contribution in [2.75, 3.05) is 0 Å². The average molecular weight is 320 g/mol. The molecule has 0 bridgehead atoms. The maximum Gasteiger partial charge on any atom is 0.0595 e. The molecule has 14 heavy (non-hydrogen) atoms. The lowest BCUT2D eigenvalue weighted by Gasteiger charge is -2.45. The van der Waals surface area contributed by atoms with Gasteiger partial charge in [-0.15, -0.1) is 23.2 Å². The first-order valence-corrected chi connectivity index (χ1v) is 6.63. The van der Waals surface area contributed by atoms with Gasteiger partial charge in [0.05, 0.1) is 10.3 Å². The maximum absolute atomic E-state index is 6.35. The van der Waals surface area contributed by atoms with Gasteiger partial charge in [-0.1, -0.05) is 33.6 Å². The summed E-state index contributed by atoms with van der Waals surface area (Å²) in [5, 5.41) is -0.00680. The molecule has 0 unspecified atom stereocenters. The molecule has 1 rings (SSSR count). The maximum atomic E-state index is 6.35. The molecular formula is C10H14BrCl3. The first-order chi connectivity index (χ1) is 6.29. The van der Waals surface area contributed by atoms with Gasteiger partial charge in [0.15, 0.2) is 0 Å². The van der Waals surface area contributed by atoms with E-state index in [0.717, 1.165) is 12.8 Å². The van der Waals surface area contributed by atoms with Crippen LogP contribution in [0.5, 0.6) is 0 Å². The zero-order valence-electron chi connectivity index (χ0n) is 8.24. The molecule has 0 amide bonds. The summed E-state index contributed by atoms with van der Waals surface area (Å²) in [6.07, 6.45) is 3.67. The molecule has 1 aliphatic rings. The van der Waals surface area contributed by atoms with E-state index in [-0.39, 0.29) is 14.6 Å². The second-order valence-electron chi connectivity index (χ2n) is 4.36. The standard InChI is InChI=1S/C10H14BrCl3/c1-9(11)6-10(2,14)8(13)5-7(9)3-4-12/h3-4,7-8H,5-6H2,1-2H3/b4-3+/t7-,8-,9+,10+/m0/s1. The van der Waals surface area contributed by atoms with Crippen molar-refractivity contribution in [2.24, 2.45) is 5.92 Å². The minimum absolute atomic E-state index is 0.00680. The molecule has 0 heterocycles. The van der Waals surface area contributed by atoms with Crippen LogP contribution in [0.3, 0.4) is 0 Å². The Kier molecular flexibility index (Phi) is 4.26. The highest BCUT2D eigenvalue weighted by molar-refractivity contribution is 9.10. The second kappa shape index (κ2) is 4.53. The number of halogens is 4. The summed E-state index contributed by atoms with van der Waals surface area (Å²) in [7, 11) is 0. The fraction of sp³-hybridized carbons (Fsp3) is 0.800. The van der Waals surface area contributed by atoms with Crippen molar-refractivity contribution in [3.8, 4) is 0 Å². The SMILES string of the molecule is C[C@@]1(Cl)C[C@@](C)(Br)[C@@H](/C=C/Cl)C[C@@H]1Cl. The normalized spacial score (nSPS) is 49.9. The Morgan fingerprint density at radius 1 is 1.43 bits per heavy atom. The van der Waals surface area contributed by atoms with E-state index in [4.69, 9.17) is 34.8 Å². The highest BCUT2D eigenvalue weighted by Crippen LogP contribution is 2.49. The van der Waals surface area contributed by atoms with E-state index in [2.05, 4.69) is 22.9 Å². The van der Waals surface area contributed by atoms with Crippen molar-refractivity contribution in [3.05, 3.63) is 11.6 Å². The quantitative estimate of drug-likeness (QED) is 0.602. The third-order valence-electron chi connectivity index (χ3n) is 2.88. The number of hydrogen-bond donors (Lipinski definition) is 0. The molecule has 4 atom stereocenters. The van der Waals surface area contributed by atoms with E-state index in [1.807, 2.05) is 13.0 Å². The van der Waals surface area contributed by atoms with Crippen LogP contribution in [0.2, 0.25) is 0 Å². The Morgan fingerprint density at radius 3 is 2.50 bits per heavy atom. The van der Waals surface area contributed by atoms with Crippen molar-refractivity contribution in [1.82, 2.24) is 0 Å². The zero-order chi connectivity index (χ0) is 11.0. The minimum Gasteiger partial charge on any atom is -0.121 e. The van der Waals surface area contributed by atoms with Crippen LogP contribution in [0.4, 0.5) is 0 Å².